The zero-order valence-electron chi connectivity index (χ0n) is 9.77. The number of aromatic amines is 1. The number of H-pyrrole nitrogens is 1. The van der Waals surface area contributed by atoms with Gasteiger partial charge in [0.2, 0.25) is 0 Å². The number of nitrogens with zero attached hydrogens (tertiary/aromatic N) is 1. The van der Waals surface area contributed by atoms with Crippen LogP contribution in [0.5, 0.6) is 0 Å². The van der Waals surface area contributed by atoms with Gasteiger partial charge < -0.3 is 15.0 Å². The topological polar surface area (TPSA) is 73.4 Å². The lowest BCUT2D eigenvalue weighted by molar-refractivity contribution is -0.143. The van der Waals surface area contributed by atoms with Crippen molar-refractivity contribution in [1.82, 2.24) is 9.88 Å². The van der Waals surface area contributed by atoms with Gasteiger partial charge in [0.15, 0.2) is 0 Å². The summed E-state index contributed by atoms with van der Waals surface area (Å²) in [6.07, 6.45) is 5.66. The number of aryl methyl sites for hydroxylation is 1. The van der Waals surface area contributed by atoms with E-state index in [1.165, 1.54) is 4.90 Å². The van der Waals surface area contributed by atoms with Gasteiger partial charge in [-0.25, -0.2) is 4.79 Å². The van der Waals surface area contributed by atoms with Crippen molar-refractivity contribution in [3.8, 4) is 0 Å². The number of aromatic nitrogens is 1. The predicted octanol–water partition coefficient (Wildman–Crippen LogP) is 1.40. The van der Waals surface area contributed by atoms with Crippen LogP contribution in [0.15, 0.2) is 12.4 Å². The molecule has 17 heavy (non-hydrogen) atoms. The second kappa shape index (κ2) is 4.61. The zero-order valence-corrected chi connectivity index (χ0v) is 9.77. The second-order valence-electron chi connectivity index (χ2n) is 4.40. The van der Waals surface area contributed by atoms with Gasteiger partial charge in [0, 0.05) is 18.9 Å². The standard InChI is InChI=1S/C12H16N2O3/c1-8-6-13-7-9(8)11(15)14-5-3-2-4-10(14)12(16)17/h6-7,10,13H,2-5H2,1H3,(H,16,17)/t10-/m1/s1. The van der Waals surface area contributed by atoms with Crippen LogP contribution >= 0.6 is 0 Å². The van der Waals surface area contributed by atoms with Crippen molar-refractivity contribution >= 4 is 11.9 Å². The Bertz CT molecular complexity index is 439. The molecule has 2 N–H and O–H groups in total. The van der Waals surface area contributed by atoms with Crippen molar-refractivity contribution in [2.75, 3.05) is 6.54 Å². The van der Waals surface area contributed by atoms with Crippen molar-refractivity contribution in [3.63, 3.8) is 0 Å². The summed E-state index contributed by atoms with van der Waals surface area (Å²) in [6.45, 7) is 2.36. The molecular formula is C12H16N2O3. The van der Waals surface area contributed by atoms with Crippen LogP contribution < -0.4 is 0 Å². The summed E-state index contributed by atoms with van der Waals surface area (Å²) in [4.78, 5) is 27.7. The first-order valence-electron chi connectivity index (χ1n) is 5.78. The third-order valence-corrected chi connectivity index (χ3v) is 3.23. The molecule has 5 heteroatoms. The van der Waals surface area contributed by atoms with Gasteiger partial charge in [0.1, 0.15) is 6.04 Å². The lowest BCUT2D eigenvalue weighted by atomic mass is 10.0. The fourth-order valence-electron chi connectivity index (χ4n) is 2.26. The number of carbonyl (C=O) groups excluding carboxylic acids is 1. The fourth-order valence-corrected chi connectivity index (χ4v) is 2.26. The van der Waals surface area contributed by atoms with Gasteiger partial charge in [-0.2, -0.15) is 0 Å². The number of hydrogen-bond donors (Lipinski definition) is 2. The Morgan fingerprint density at radius 2 is 2.18 bits per heavy atom. The van der Waals surface area contributed by atoms with E-state index in [2.05, 4.69) is 4.98 Å². The fraction of sp³-hybridized carbons (Fsp3) is 0.500. The summed E-state index contributed by atoms with van der Waals surface area (Å²) < 4.78 is 0. The molecule has 92 valence electrons. The van der Waals surface area contributed by atoms with Gasteiger partial charge in [0.25, 0.3) is 5.91 Å². The van der Waals surface area contributed by atoms with Gasteiger partial charge in [-0.1, -0.05) is 0 Å². The highest BCUT2D eigenvalue weighted by molar-refractivity contribution is 5.97. The zero-order chi connectivity index (χ0) is 12.4. The molecule has 1 saturated heterocycles. The molecule has 0 spiro atoms. The van der Waals surface area contributed by atoms with Gasteiger partial charge in [-0.15, -0.1) is 0 Å². The number of amides is 1. The number of likely N-dealkylation sites (tertiary alicyclic amines) is 1. The molecule has 1 aliphatic heterocycles. The SMILES string of the molecule is Cc1c[nH]cc1C(=O)N1CCCC[C@@H]1C(=O)O. The highest BCUT2D eigenvalue weighted by atomic mass is 16.4. The largest absolute Gasteiger partial charge is 0.480 e. The van der Waals surface area contributed by atoms with E-state index >= 15 is 0 Å². The molecule has 0 aliphatic carbocycles. The second-order valence-corrected chi connectivity index (χ2v) is 4.40. The summed E-state index contributed by atoms with van der Waals surface area (Å²) in [5.74, 6) is -1.10. The van der Waals surface area contributed by atoms with Crippen LogP contribution in [0.4, 0.5) is 0 Å². The minimum absolute atomic E-state index is 0.184. The summed E-state index contributed by atoms with van der Waals surface area (Å²) in [7, 11) is 0. The number of carboxylic acid groups (broad SMARTS) is 1. The molecule has 5 nitrogen and oxygen atoms in total. The highest BCUT2D eigenvalue weighted by Gasteiger charge is 2.32. The number of hydrogen-bond acceptors (Lipinski definition) is 2. The van der Waals surface area contributed by atoms with E-state index in [9.17, 15) is 9.59 Å². The van der Waals surface area contributed by atoms with Gasteiger partial charge in [-0.05, 0) is 31.7 Å². The first-order chi connectivity index (χ1) is 8.11. The Morgan fingerprint density at radius 1 is 1.41 bits per heavy atom. The molecule has 1 aromatic rings. The number of rotatable bonds is 2. The Morgan fingerprint density at radius 3 is 2.76 bits per heavy atom. The molecule has 0 unspecified atom stereocenters. The molecular weight excluding hydrogens is 220 g/mol. The molecule has 1 atom stereocenters. The minimum Gasteiger partial charge on any atom is -0.480 e. The molecule has 0 saturated carbocycles. The molecule has 0 radical (unpaired) electrons. The average molecular weight is 236 g/mol. The van der Waals surface area contributed by atoms with E-state index in [-0.39, 0.29) is 5.91 Å². The van der Waals surface area contributed by atoms with Gasteiger partial charge in [0.05, 0.1) is 5.56 Å². The van der Waals surface area contributed by atoms with Crippen LogP contribution in [-0.4, -0.2) is 39.5 Å². The van der Waals surface area contributed by atoms with Crippen LogP contribution in [0.25, 0.3) is 0 Å². The Balaban J connectivity index is 2.23. The van der Waals surface area contributed by atoms with Gasteiger partial charge in [-0.3, -0.25) is 4.79 Å². The number of carbonyl (C=O) groups is 2. The number of aliphatic carboxylic acids is 1. The molecule has 1 fully saturated rings. The Hall–Kier alpha value is -1.78. The molecule has 1 amide bonds. The maximum Gasteiger partial charge on any atom is 0.326 e. The quantitative estimate of drug-likeness (QED) is 0.815. The molecule has 0 bridgehead atoms. The van der Waals surface area contributed by atoms with Crippen LogP contribution in [-0.2, 0) is 4.79 Å². The maximum absolute atomic E-state index is 12.2. The van der Waals surface area contributed by atoms with Crippen molar-refractivity contribution in [2.45, 2.75) is 32.2 Å². The summed E-state index contributed by atoms with van der Waals surface area (Å²) in [5, 5.41) is 9.12. The lowest BCUT2D eigenvalue weighted by Gasteiger charge is -2.32. The Labute approximate surface area is 99.4 Å². The lowest BCUT2D eigenvalue weighted by Crippen LogP contribution is -2.48. The maximum atomic E-state index is 12.2. The molecule has 1 aromatic heterocycles. The van der Waals surface area contributed by atoms with Crippen LogP contribution in [0.3, 0.4) is 0 Å². The van der Waals surface area contributed by atoms with Crippen molar-refractivity contribution in [1.29, 1.82) is 0 Å². The molecule has 1 aliphatic rings. The number of nitrogens with one attached hydrogen (secondary N) is 1. The Kier molecular flexibility index (Phi) is 3.17. The summed E-state index contributed by atoms with van der Waals surface area (Å²) in [5.41, 5.74) is 1.42. The highest BCUT2D eigenvalue weighted by Crippen LogP contribution is 2.21. The van der Waals surface area contributed by atoms with Crippen LogP contribution in [0, 0.1) is 6.92 Å². The molecule has 0 aromatic carbocycles. The molecule has 2 rings (SSSR count). The smallest absolute Gasteiger partial charge is 0.326 e. The molecule has 2 heterocycles. The van der Waals surface area contributed by atoms with Crippen molar-refractivity contribution in [3.05, 3.63) is 23.5 Å². The van der Waals surface area contributed by atoms with Crippen molar-refractivity contribution < 1.29 is 14.7 Å². The first-order valence-corrected chi connectivity index (χ1v) is 5.78. The van der Waals surface area contributed by atoms with E-state index in [4.69, 9.17) is 5.11 Å². The van der Waals surface area contributed by atoms with E-state index < -0.39 is 12.0 Å². The summed E-state index contributed by atoms with van der Waals surface area (Å²) in [6, 6.07) is -0.675. The van der Waals surface area contributed by atoms with Crippen LogP contribution in [0.2, 0.25) is 0 Å². The van der Waals surface area contributed by atoms with Crippen LogP contribution in [0.1, 0.15) is 35.2 Å². The predicted molar refractivity (Wildman–Crippen MR) is 61.8 cm³/mol. The number of carboxylic acids is 1. The minimum atomic E-state index is -0.911. The monoisotopic (exact) mass is 236 g/mol. The normalized spacial score (nSPS) is 20.3. The number of piperidine rings is 1. The van der Waals surface area contributed by atoms with E-state index in [1.54, 1.807) is 12.4 Å². The first kappa shape index (κ1) is 11.7. The van der Waals surface area contributed by atoms with E-state index in [0.717, 1.165) is 18.4 Å². The third kappa shape index (κ3) is 2.18. The van der Waals surface area contributed by atoms with E-state index in [1.807, 2.05) is 6.92 Å². The van der Waals surface area contributed by atoms with Crippen molar-refractivity contribution in [2.24, 2.45) is 0 Å². The van der Waals surface area contributed by atoms with Gasteiger partial charge >= 0.3 is 5.97 Å². The average Bonchev–Trinajstić information content (AvgIpc) is 2.74. The van der Waals surface area contributed by atoms with E-state index in [0.29, 0.717) is 18.5 Å². The summed E-state index contributed by atoms with van der Waals surface area (Å²) >= 11 is 0. The third-order valence-electron chi connectivity index (χ3n) is 3.23.